The number of alkyl halides is 3. The number of para-hydroxylation sites is 1. The van der Waals surface area contributed by atoms with Gasteiger partial charge in [-0.15, -0.1) is 0 Å². The van der Waals surface area contributed by atoms with Gasteiger partial charge >= 0.3 is 12.1 Å². The standard InChI is InChI=1S/C22H20F3NO2/c23-22(24,25)16-10-8-15(9-11-16)21(27)28-14-12-18-17-5-1-2-6-19(17)26-13-4-3-7-20(18)26/h1-2,5-6,8-11H,3-4,7,12-14H2. The lowest BCUT2D eigenvalue weighted by Crippen LogP contribution is -2.13. The number of nitrogens with zero attached hydrogens (tertiary/aromatic N) is 1. The van der Waals surface area contributed by atoms with E-state index in [1.165, 1.54) is 22.2 Å². The molecule has 0 unspecified atom stereocenters. The van der Waals surface area contributed by atoms with Crippen LogP contribution in [0.2, 0.25) is 0 Å². The number of fused-ring (bicyclic) bond motifs is 3. The molecule has 146 valence electrons. The van der Waals surface area contributed by atoms with Crippen molar-refractivity contribution in [1.29, 1.82) is 0 Å². The summed E-state index contributed by atoms with van der Waals surface area (Å²) in [6.07, 6.45) is -0.507. The van der Waals surface area contributed by atoms with Crippen molar-refractivity contribution in [2.45, 2.75) is 38.4 Å². The number of esters is 1. The number of carbonyl (C=O) groups is 1. The molecule has 0 atom stereocenters. The van der Waals surface area contributed by atoms with Crippen molar-refractivity contribution in [1.82, 2.24) is 4.57 Å². The molecule has 0 bridgehead atoms. The van der Waals surface area contributed by atoms with Crippen molar-refractivity contribution in [3.8, 4) is 0 Å². The first-order valence-electron chi connectivity index (χ1n) is 9.38. The van der Waals surface area contributed by atoms with Gasteiger partial charge in [-0.25, -0.2) is 4.79 Å². The average molecular weight is 387 g/mol. The molecular weight excluding hydrogens is 367 g/mol. The monoisotopic (exact) mass is 387 g/mol. The predicted molar refractivity (Wildman–Crippen MR) is 100 cm³/mol. The lowest BCUT2D eigenvalue weighted by atomic mass is 10.0. The van der Waals surface area contributed by atoms with E-state index in [0.717, 1.165) is 50.1 Å². The Morgan fingerprint density at radius 2 is 1.79 bits per heavy atom. The quantitative estimate of drug-likeness (QED) is 0.562. The van der Waals surface area contributed by atoms with E-state index in [0.29, 0.717) is 6.42 Å². The second-order valence-corrected chi connectivity index (χ2v) is 7.01. The van der Waals surface area contributed by atoms with Crippen molar-refractivity contribution in [3.05, 3.63) is 70.9 Å². The molecule has 4 rings (SSSR count). The molecule has 3 nitrogen and oxygen atoms in total. The minimum absolute atomic E-state index is 0.122. The van der Waals surface area contributed by atoms with Gasteiger partial charge in [0.15, 0.2) is 0 Å². The molecule has 0 radical (unpaired) electrons. The molecule has 2 heterocycles. The molecule has 0 spiro atoms. The number of ether oxygens (including phenoxy) is 1. The fraction of sp³-hybridized carbons (Fsp3) is 0.318. The third kappa shape index (κ3) is 3.51. The van der Waals surface area contributed by atoms with Crippen LogP contribution in [0, 0.1) is 0 Å². The van der Waals surface area contributed by atoms with Crippen LogP contribution in [0.25, 0.3) is 10.9 Å². The van der Waals surface area contributed by atoms with Gasteiger partial charge in [-0.05, 0) is 55.2 Å². The number of aromatic nitrogens is 1. The summed E-state index contributed by atoms with van der Waals surface area (Å²) in [5, 5.41) is 1.19. The van der Waals surface area contributed by atoms with Gasteiger partial charge < -0.3 is 9.30 Å². The second-order valence-electron chi connectivity index (χ2n) is 7.01. The van der Waals surface area contributed by atoms with Gasteiger partial charge in [0.25, 0.3) is 0 Å². The van der Waals surface area contributed by atoms with Gasteiger partial charge in [-0.3, -0.25) is 0 Å². The molecule has 0 fully saturated rings. The summed E-state index contributed by atoms with van der Waals surface area (Å²) in [4.78, 5) is 12.2. The number of halogens is 3. The summed E-state index contributed by atoms with van der Waals surface area (Å²) in [7, 11) is 0. The molecule has 0 amide bonds. The lowest BCUT2D eigenvalue weighted by molar-refractivity contribution is -0.137. The number of benzene rings is 2. The molecule has 1 aliphatic heterocycles. The largest absolute Gasteiger partial charge is 0.462 e. The molecule has 1 aromatic heterocycles. The minimum Gasteiger partial charge on any atom is -0.462 e. The summed E-state index contributed by atoms with van der Waals surface area (Å²) >= 11 is 0. The van der Waals surface area contributed by atoms with Crippen LogP contribution in [-0.4, -0.2) is 17.1 Å². The number of hydrogen-bond acceptors (Lipinski definition) is 2. The highest BCUT2D eigenvalue weighted by molar-refractivity contribution is 5.89. The molecule has 6 heteroatoms. The Kier molecular flexibility index (Phi) is 4.87. The normalized spacial score (nSPS) is 14.1. The van der Waals surface area contributed by atoms with Crippen molar-refractivity contribution < 1.29 is 22.7 Å². The van der Waals surface area contributed by atoms with Crippen molar-refractivity contribution in [2.24, 2.45) is 0 Å². The molecule has 0 N–H and O–H groups in total. The highest BCUT2D eigenvalue weighted by Gasteiger charge is 2.30. The minimum atomic E-state index is -4.42. The first kappa shape index (κ1) is 18.6. The molecule has 0 aliphatic carbocycles. The number of carbonyl (C=O) groups excluding carboxylic acids is 1. The van der Waals surface area contributed by atoms with E-state index < -0.39 is 17.7 Å². The number of hydrogen-bond donors (Lipinski definition) is 0. The Hall–Kier alpha value is -2.76. The summed E-state index contributed by atoms with van der Waals surface area (Å²) in [6, 6.07) is 12.3. The van der Waals surface area contributed by atoms with E-state index in [-0.39, 0.29) is 12.2 Å². The highest BCUT2D eigenvalue weighted by Crippen LogP contribution is 2.31. The molecule has 1 aliphatic rings. The summed E-state index contributed by atoms with van der Waals surface area (Å²) in [6.45, 7) is 1.20. The first-order chi connectivity index (χ1) is 13.4. The topological polar surface area (TPSA) is 31.2 Å². The smallest absolute Gasteiger partial charge is 0.416 e. The molecule has 0 saturated carbocycles. The number of rotatable bonds is 4. The summed E-state index contributed by atoms with van der Waals surface area (Å²) in [5.74, 6) is -0.605. The fourth-order valence-electron chi connectivity index (χ4n) is 3.93. The molecule has 28 heavy (non-hydrogen) atoms. The zero-order valence-corrected chi connectivity index (χ0v) is 15.3. The predicted octanol–water partition coefficient (Wildman–Crippen LogP) is 5.40. The molecule has 3 aromatic rings. The van der Waals surface area contributed by atoms with E-state index in [9.17, 15) is 18.0 Å². The Bertz CT molecular complexity index is 1000. The van der Waals surface area contributed by atoms with Gasteiger partial charge in [0.2, 0.25) is 0 Å². The van der Waals surface area contributed by atoms with Crippen molar-refractivity contribution in [3.63, 3.8) is 0 Å². The summed E-state index contributed by atoms with van der Waals surface area (Å²) < 4.78 is 45.6. The van der Waals surface area contributed by atoms with E-state index in [4.69, 9.17) is 4.74 Å². The molecule has 0 saturated heterocycles. The maximum atomic E-state index is 12.6. The Morgan fingerprint density at radius 1 is 1.04 bits per heavy atom. The van der Waals surface area contributed by atoms with Crippen LogP contribution >= 0.6 is 0 Å². The Morgan fingerprint density at radius 3 is 2.54 bits per heavy atom. The van der Waals surface area contributed by atoms with E-state index >= 15 is 0 Å². The van der Waals surface area contributed by atoms with Crippen molar-refractivity contribution >= 4 is 16.9 Å². The van der Waals surface area contributed by atoms with Crippen LogP contribution in [0.15, 0.2) is 48.5 Å². The van der Waals surface area contributed by atoms with Crippen LogP contribution in [-0.2, 0) is 30.3 Å². The maximum absolute atomic E-state index is 12.6. The fourth-order valence-corrected chi connectivity index (χ4v) is 3.93. The third-order valence-corrected chi connectivity index (χ3v) is 5.27. The van der Waals surface area contributed by atoms with Crippen LogP contribution in [0.4, 0.5) is 13.2 Å². The maximum Gasteiger partial charge on any atom is 0.416 e. The van der Waals surface area contributed by atoms with E-state index in [1.807, 2.05) is 12.1 Å². The van der Waals surface area contributed by atoms with Crippen LogP contribution in [0.3, 0.4) is 0 Å². The summed E-state index contributed by atoms with van der Waals surface area (Å²) in [5.41, 5.74) is 3.06. The second kappa shape index (κ2) is 7.34. The van der Waals surface area contributed by atoms with E-state index in [2.05, 4.69) is 16.7 Å². The lowest BCUT2D eigenvalue weighted by Gasteiger charge is -2.17. The Labute approximate surface area is 160 Å². The highest BCUT2D eigenvalue weighted by atomic mass is 19.4. The van der Waals surface area contributed by atoms with Gasteiger partial charge in [-0.1, -0.05) is 18.2 Å². The molecular formula is C22H20F3NO2. The average Bonchev–Trinajstić information content (AvgIpc) is 3.02. The van der Waals surface area contributed by atoms with Gasteiger partial charge in [0.1, 0.15) is 0 Å². The van der Waals surface area contributed by atoms with Crippen LogP contribution < -0.4 is 0 Å². The zero-order chi connectivity index (χ0) is 19.7. The van der Waals surface area contributed by atoms with Gasteiger partial charge in [0, 0.05) is 29.6 Å². The third-order valence-electron chi connectivity index (χ3n) is 5.27. The molecule has 2 aromatic carbocycles. The SMILES string of the molecule is O=C(OCCc1c2n(c3ccccc13)CCCC2)c1ccc(C(F)(F)F)cc1. The van der Waals surface area contributed by atoms with Crippen LogP contribution in [0.1, 0.15) is 40.0 Å². The Balaban J connectivity index is 1.46. The van der Waals surface area contributed by atoms with Gasteiger partial charge in [-0.2, -0.15) is 13.2 Å². The number of aryl methyl sites for hydroxylation is 1. The van der Waals surface area contributed by atoms with Gasteiger partial charge in [0.05, 0.1) is 17.7 Å². The zero-order valence-electron chi connectivity index (χ0n) is 15.3. The van der Waals surface area contributed by atoms with Crippen molar-refractivity contribution in [2.75, 3.05) is 6.61 Å². The van der Waals surface area contributed by atoms with Crippen LogP contribution in [0.5, 0.6) is 0 Å². The first-order valence-corrected chi connectivity index (χ1v) is 9.38. The van der Waals surface area contributed by atoms with E-state index in [1.54, 1.807) is 0 Å².